The second kappa shape index (κ2) is 57.7. The van der Waals surface area contributed by atoms with E-state index in [1.807, 2.05) is 33.3 Å². The Morgan fingerprint density at radius 3 is 1.10 bits per heavy atom. The minimum absolute atomic E-state index is 0.0180. The number of hydrogen-bond acceptors (Lipinski definition) is 7. The highest BCUT2D eigenvalue weighted by atomic mass is 31.2. The molecule has 0 aliphatic heterocycles. The van der Waals surface area contributed by atoms with Gasteiger partial charge in [-0.15, -0.1) is 0 Å². The summed E-state index contributed by atoms with van der Waals surface area (Å²) in [7, 11) is 1.20. The van der Waals surface area contributed by atoms with Crippen LogP contribution in [0.4, 0.5) is 0 Å². The fourth-order valence-electron chi connectivity index (χ4n) is 10.2. The lowest BCUT2D eigenvalue weighted by Crippen LogP contribution is -2.47. The molecule has 10 heteroatoms. The lowest BCUT2D eigenvalue weighted by atomic mass is 10.0. The molecule has 1 amide bonds. The molecule has 0 spiro atoms. The number of phosphoric acid groups is 1. The maximum atomic E-state index is 13.5. The van der Waals surface area contributed by atoms with Gasteiger partial charge in [0.05, 0.1) is 33.8 Å². The van der Waals surface area contributed by atoms with E-state index in [0.29, 0.717) is 17.4 Å². The van der Waals surface area contributed by atoms with E-state index < -0.39 is 20.0 Å². The Hall–Kier alpha value is -1.51. The monoisotopic (exact) mass is 1110 g/mol. The second-order valence-corrected chi connectivity index (χ2v) is 25.7. The molecule has 0 heterocycles. The van der Waals surface area contributed by atoms with Gasteiger partial charge in [0.1, 0.15) is 19.3 Å². The number of allylic oxidation sites excluding steroid dienone is 3. The number of unbranched alkanes of at least 4 members (excludes halogenated alkanes) is 44. The summed E-state index contributed by atoms with van der Waals surface area (Å²) in [4.78, 5) is 40.0. The van der Waals surface area contributed by atoms with Crippen LogP contribution >= 0.6 is 7.82 Å². The first kappa shape index (κ1) is 75.5. The standard InChI is InChI=1S/C67H131N2O7P/c1-7-10-13-16-19-22-25-27-29-30-31-32-33-34-35-36-37-38-40-42-45-48-51-54-57-60-67(71)76-65(58-55-52-49-46-43-24-21-18-15-12-9-3)64(63-75-77(72,73)74-62-61-69(4,5)6)68-66(70)59-56-53-50-47-44-41-39-28-26-23-20-17-14-11-8-2/h27,29,55,58,64-65H,7-26,28,30-54,56-57,59-63H2,1-6H3,(H-,68,70,72,73)/b29-27+,58-55+. The lowest BCUT2D eigenvalue weighted by molar-refractivity contribution is -0.870. The third-order valence-electron chi connectivity index (χ3n) is 15.4. The zero-order valence-corrected chi connectivity index (χ0v) is 53.1. The molecule has 0 aromatic rings. The molecular weight excluding hydrogens is 976 g/mol. The molecule has 0 aromatic carbocycles. The number of esters is 1. The molecule has 77 heavy (non-hydrogen) atoms. The van der Waals surface area contributed by atoms with Crippen molar-refractivity contribution >= 4 is 19.7 Å². The highest BCUT2D eigenvalue weighted by molar-refractivity contribution is 7.45. The minimum atomic E-state index is -4.69. The number of nitrogens with one attached hydrogen (secondary N) is 1. The van der Waals surface area contributed by atoms with Crippen LogP contribution in [0.5, 0.6) is 0 Å². The molecule has 0 rings (SSSR count). The fourth-order valence-corrected chi connectivity index (χ4v) is 10.9. The number of nitrogens with zero attached hydrogens (tertiary/aromatic N) is 1. The van der Waals surface area contributed by atoms with Gasteiger partial charge in [-0.3, -0.25) is 14.2 Å². The van der Waals surface area contributed by atoms with Crippen LogP contribution in [-0.2, 0) is 27.9 Å². The van der Waals surface area contributed by atoms with E-state index in [1.54, 1.807) is 0 Å². The molecule has 0 aliphatic carbocycles. The van der Waals surface area contributed by atoms with Crippen molar-refractivity contribution in [2.75, 3.05) is 40.9 Å². The van der Waals surface area contributed by atoms with Crippen molar-refractivity contribution in [1.82, 2.24) is 5.32 Å². The van der Waals surface area contributed by atoms with Crippen LogP contribution in [0.3, 0.4) is 0 Å². The quantitative estimate of drug-likeness (QED) is 0.0212. The number of hydrogen-bond donors (Lipinski definition) is 1. The molecule has 0 radical (unpaired) electrons. The van der Waals surface area contributed by atoms with Gasteiger partial charge in [-0.1, -0.05) is 296 Å². The summed E-state index contributed by atoms with van der Waals surface area (Å²) in [5.41, 5.74) is 0. The molecule has 0 aromatic heterocycles. The first-order valence-electron chi connectivity index (χ1n) is 33.6. The van der Waals surface area contributed by atoms with E-state index >= 15 is 0 Å². The number of rotatable bonds is 62. The smallest absolute Gasteiger partial charge is 0.306 e. The number of ether oxygens (including phenoxy) is 1. The van der Waals surface area contributed by atoms with Crippen LogP contribution in [0, 0.1) is 0 Å². The van der Waals surface area contributed by atoms with Crippen molar-refractivity contribution in [1.29, 1.82) is 0 Å². The Balaban J connectivity index is 5.00. The van der Waals surface area contributed by atoms with Gasteiger partial charge in [-0.05, 0) is 57.4 Å². The predicted octanol–water partition coefficient (Wildman–Crippen LogP) is 20.3. The minimum Gasteiger partial charge on any atom is -0.756 e. The summed E-state index contributed by atoms with van der Waals surface area (Å²) in [5, 5.41) is 3.04. The number of phosphoric ester groups is 1. The van der Waals surface area contributed by atoms with Gasteiger partial charge >= 0.3 is 5.97 Å². The topological polar surface area (TPSA) is 114 Å². The molecule has 3 atom stereocenters. The van der Waals surface area contributed by atoms with E-state index in [1.165, 1.54) is 250 Å². The van der Waals surface area contributed by atoms with Gasteiger partial charge in [-0.25, -0.2) is 0 Å². The summed E-state index contributed by atoms with van der Waals surface area (Å²) >= 11 is 0. The van der Waals surface area contributed by atoms with Gasteiger partial charge in [0.2, 0.25) is 5.91 Å². The van der Waals surface area contributed by atoms with Gasteiger partial charge < -0.3 is 28.5 Å². The van der Waals surface area contributed by atoms with E-state index in [2.05, 4.69) is 38.2 Å². The molecule has 0 saturated carbocycles. The molecule has 456 valence electrons. The van der Waals surface area contributed by atoms with Crippen molar-refractivity contribution in [2.45, 2.75) is 354 Å². The van der Waals surface area contributed by atoms with Crippen molar-refractivity contribution in [3.8, 4) is 0 Å². The average molecular weight is 1110 g/mol. The molecule has 0 aliphatic rings. The predicted molar refractivity (Wildman–Crippen MR) is 330 cm³/mol. The zero-order chi connectivity index (χ0) is 56.4. The third-order valence-corrected chi connectivity index (χ3v) is 16.3. The summed E-state index contributed by atoms with van der Waals surface area (Å²) in [6, 6.07) is -0.881. The largest absolute Gasteiger partial charge is 0.756 e. The number of amides is 1. The Bertz CT molecular complexity index is 1370. The Labute approximate surface area is 479 Å². The van der Waals surface area contributed by atoms with Gasteiger partial charge in [0.25, 0.3) is 7.82 Å². The van der Waals surface area contributed by atoms with Gasteiger partial charge in [0, 0.05) is 12.8 Å². The summed E-state index contributed by atoms with van der Waals surface area (Å²) < 4.78 is 30.4. The number of carbonyl (C=O) groups excluding carboxylic acids is 2. The molecule has 0 saturated heterocycles. The number of likely N-dealkylation sites (N-methyl/N-ethyl adjacent to an activating group) is 1. The number of carbonyl (C=O) groups is 2. The fraction of sp³-hybridized carbons (Fsp3) is 0.910. The average Bonchev–Trinajstić information content (AvgIpc) is 3.39. The second-order valence-electron chi connectivity index (χ2n) is 24.3. The maximum Gasteiger partial charge on any atom is 0.306 e. The highest BCUT2D eigenvalue weighted by Gasteiger charge is 2.27. The molecule has 0 bridgehead atoms. The van der Waals surface area contributed by atoms with E-state index in [0.717, 1.165) is 57.8 Å². The summed E-state index contributed by atoms with van der Waals surface area (Å²) in [6.07, 6.45) is 68.7. The Kier molecular flexibility index (Phi) is 56.6. The van der Waals surface area contributed by atoms with Crippen molar-refractivity contribution in [3.63, 3.8) is 0 Å². The normalized spacial score (nSPS) is 13.7. The van der Waals surface area contributed by atoms with Crippen LogP contribution in [0.1, 0.15) is 342 Å². The summed E-state index contributed by atoms with van der Waals surface area (Å²) in [5.74, 6) is -0.521. The van der Waals surface area contributed by atoms with Crippen molar-refractivity contribution < 1.29 is 37.3 Å². The molecule has 3 unspecified atom stereocenters. The first-order chi connectivity index (χ1) is 37.4. The molecular formula is C67H131N2O7P. The third kappa shape index (κ3) is 58.9. The Morgan fingerprint density at radius 2 is 0.753 bits per heavy atom. The Morgan fingerprint density at radius 1 is 0.442 bits per heavy atom. The van der Waals surface area contributed by atoms with Crippen LogP contribution < -0.4 is 10.2 Å². The zero-order valence-electron chi connectivity index (χ0n) is 52.2. The van der Waals surface area contributed by atoms with E-state index in [4.69, 9.17) is 13.8 Å². The van der Waals surface area contributed by atoms with Crippen molar-refractivity contribution in [2.24, 2.45) is 0 Å². The lowest BCUT2D eigenvalue weighted by Gasteiger charge is -2.30. The van der Waals surface area contributed by atoms with E-state index in [9.17, 15) is 19.0 Å². The van der Waals surface area contributed by atoms with Crippen molar-refractivity contribution in [3.05, 3.63) is 24.3 Å². The SMILES string of the molecule is CCCCCCCC/C=C/CCCCCCCCCCCCCCCCCC(=O)OC(/C=C/CCCCCCCCCCC)C(COP(=O)([O-])OCC[N+](C)(C)C)NC(=O)CCCCCCCCCCCCCCCCC. The molecule has 0 fully saturated rings. The van der Waals surface area contributed by atoms with Crippen LogP contribution in [0.15, 0.2) is 24.3 Å². The first-order valence-corrected chi connectivity index (χ1v) is 35.1. The van der Waals surface area contributed by atoms with E-state index in [-0.39, 0.29) is 31.5 Å². The summed E-state index contributed by atoms with van der Waals surface area (Å²) in [6.45, 7) is 6.89. The molecule has 9 nitrogen and oxygen atoms in total. The van der Waals surface area contributed by atoms with Crippen LogP contribution in [0.2, 0.25) is 0 Å². The molecule has 1 N–H and O–H groups in total. The maximum absolute atomic E-state index is 13.5. The van der Waals surface area contributed by atoms with Gasteiger partial charge in [0.15, 0.2) is 0 Å². The highest BCUT2D eigenvalue weighted by Crippen LogP contribution is 2.38. The van der Waals surface area contributed by atoms with Gasteiger partial charge in [-0.2, -0.15) is 0 Å². The number of quaternary nitrogens is 1. The van der Waals surface area contributed by atoms with Crippen LogP contribution in [0.25, 0.3) is 0 Å². The van der Waals surface area contributed by atoms with Crippen LogP contribution in [-0.4, -0.2) is 69.4 Å².